The highest BCUT2D eigenvalue weighted by molar-refractivity contribution is 9.10. The molecule has 0 unspecified atom stereocenters. The van der Waals surface area contributed by atoms with Gasteiger partial charge in [0, 0.05) is 16.9 Å². The van der Waals surface area contributed by atoms with Crippen molar-refractivity contribution < 1.29 is 5.11 Å². The molecule has 2 rings (SSSR count). The van der Waals surface area contributed by atoms with E-state index in [1.165, 1.54) is 32.1 Å². The third-order valence-electron chi connectivity index (χ3n) is 3.39. The Kier molecular flexibility index (Phi) is 4.75. The maximum absolute atomic E-state index is 9.51. The van der Waals surface area contributed by atoms with Crippen molar-refractivity contribution in [3.63, 3.8) is 0 Å². The zero-order chi connectivity index (χ0) is 12.1. The molecular formula is C14H18BrNO. The van der Waals surface area contributed by atoms with Crippen LogP contribution in [-0.2, 0) is 0 Å². The van der Waals surface area contributed by atoms with E-state index >= 15 is 0 Å². The van der Waals surface area contributed by atoms with E-state index in [1.54, 1.807) is 6.20 Å². The first-order valence-corrected chi connectivity index (χ1v) is 7.01. The molecule has 1 heterocycles. The zero-order valence-electron chi connectivity index (χ0n) is 9.90. The SMILES string of the molecule is OC/C(=C/c1cncc(Br)c1)C1CCCCC1. The second-order valence-corrected chi connectivity index (χ2v) is 5.56. The molecule has 0 saturated heterocycles. The number of aliphatic hydroxyl groups excluding tert-OH is 1. The van der Waals surface area contributed by atoms with Crippen LogP contribution in [0.3, 0.4) is 0 Å². The first-order valence-electron chi connectivity index (χ1n) is 6.21. The summed E-state index contributed by atoms with van der Waals surface area (Å²) in [5.74, 6) is 0.563. The van der Waals surface area contributed by atoms with Gasteiger partial charge in [-0.3, -0.25) is 4.98 Å². The molecule has 1 aliphatic carbocycles. The normalized spacial score (nSPS) is 18.4. The Hall–Kier alpha value is -0.670. The molecule has 1 aromatic heterocycles. The summed E-state index contributed by atoms with van der Waals surface area (Å²) in [6.45, 7) is 0.164. The smallest absolute Gasteiger partial charge is 0.0647 e. The van der Waals surface area contributed by atoms with Crippen LogP contribution in [0.4, 0.5) is 0 Å². The average molecular weight is 296 g/mol. The van der Waals surface area contributed by atoms with E-state index in [9.17, 15) is 5.11 Å². The molecular weight excluding hydrogens is 278 g/mol. The first kappa shape index (κ1) is 12.8. The predicted molar refractivity (Wildman–Crippen MR) is 73.6 cm³/mol. The van der Waals surface area contributed by atoms with Gasteiger partial charge in [0.1, 0.15) is 0 Å². The Labute approximate surface area is 111 Å². The highest BCUT2D eigenvalue weighted by Crippen LogP contribution is 2.30. The van der Waals surface area contributed by atoms with Gasteiger partial charge >= 0.3 is 0 Å². The van der Waals surface area contributed by atoms with Gasteiger partial charge in [0.05, 0.1) is 6.61 Å². The van der Waals surface area contributed by atoms with Crippen molar-refractivity contribution >= 4 is 22.0 Å². The predicted octanol–water partition coefficient (Wildman–Crippen LogP) is 3.80. The van der Waals surface area contributed by atoms with Crippen LogP contribution < -0.4 is 0 Å². The maximum Gasteiger partial charge on any atom is 0.0647 e. The van der Waals surface area contributed by atoms with Gasteiger partial charge in [0.15, 0.2) is 0 Å². The minimum absolute atomic E-state index is 0.164. The lowest BCUT2D eigenvalue weighted by Gasteiger charge is -2.23. The number of rotatable bonds is 3. The van der Waals surface area contributed by atoms with Gasteiger partial charge < -0.3 is 5.11 Å². The molecule has 1 aromatic rings. The van der Waals surface area contributed by atoms with E-state index in [4.69, 9.17) is 0 Å². The Morgan fingerprint density at radius 1 is 1.35 bits per heavy atom. The zero-order valence-corrected chi connectivity index (χ0v) is 11.5. The fourth-order valence-electron chi connectivity index (χ4n) is 2.49. The Morgan fingerprint density at radius 3 is 2.76 bits per heavy atom. The molecule has 0 atom stereocenters. The molecule has 1 saturated carbocycles. The van der Waals surface area contributed by atoms with Crippen LogP contribution in [0.2, 0.25) is 0 Å². The standard InChI is InChI=1S/C14H18BrNO/c15-14-7-11(8-16-9-14)6-13(10-17)12-4-2-1-3-5-12/h6-9,12,17H,1-5,10H2/b13-6-. The fourth-order valence-corrected chi connectivity index (χ4v) is 2.87. The molecule has 0 aliphatic heterocycles. The van der Waals surface area contributed by atoms with Gasteiger partial charge in [-0.15, -0.1) is 0 Å². The molecule has 0 aromatic carbocycles. The largest absolute Gasteiger partial charge is 0.392 e. The molecule has 0 radical (unpaired) electrons. The quantitative estimate of drug-likeness (QED) is 0.920. The van der Waals surface area contributed by atoms with Gasteiger partial charge in [0.25, 0.3) is 0 Å². The second kappa shape index (κ2) is 6.31. The molecule has 0 bridgehead atoms. The van der Waals surface area contributed by atoms with Crippen LogP contribution >= 0.6 is 15.9 Å². The number of aliphatic hydroxyl groups is 1. The van der Waals surface area contributed by atoms with Crippen LogP contribution in [0.25, 0.3) is 6.08 Å². The van der Waals surface area contributed by atoms with Gasteiger partial charge in [-0.1, -0.05) is 25.3 Å². The molecule has 1 aliphatic rings. The lowest BCUT2D eigenvalue weighted by Crippen LogP contribution is -2.11. The molecule has 17 heavy (non-hydrogen) atoms. The van der Waals surface area contributed by atoms with E-state index < -0.39 is 0 Å². The van der Waals surface area contributed by atoms with E-state index in [2.05, 4.69) is 27.0 Å². The number of pyridine rings is 1. The van der Waals surface area contributed by atoms with Crippen LogP contribution in [0.15, 0.2) is 28.5 Å². The number of nitrogens with zero attached hydrogens (tertiary/aromatic N) is 1. The molecule has 2 nitrogen and oxygen atoms in total. The molecule has 3 heteroatoms. The van der Waals surface area contributed by atoms with Crippen LogP contribution in [0.5, 0.6) is 0 Å². The van der Waals surface area contributed by atoms with Crippen LogP contribution in [0.1, 0.15) is 37.7 Å². The van der Waals surface area contributed by atoms with E-state index in [1.807, 2.05) is 12.3 Å². The van der Waals surface area contributed by atoms with Gasteiger partial charge in [-0.05, 0) is 51.9 Å². The van der Waals surface area contributed by atoms with Crippen molar-refractivity contribution in [1.82, 2.24) is 4.98 Å². The summed E-state index contributed by atoms with van der Waals surface area (Å²) >= 11 is 3.42. The Bertz CT molecular complexity index is 397. The second-order valence-electron chi connectivity index (χ2n) is 4.65. The van der Waals surface area contributed by atoms with E-state index in [0.717, 1.165) is 15.6 Å². The summed E-state index contributed by atoms with van der Waals surface area (Å²) in [6, 6.07) is 2.03. The number of halogens is 1. The van der Waals surface area contributed by atoms with Gasteiger partial charge in [0.2, 0.25) is 0 Å². The fraction of sp³-hybridized carbons (Fsp3) is 0.500. The minimum atomic E-state index is 0.164. The molecule has 1 N–H and O–H groups in total. The topological polar surface area (TPSA) is 33.1 Å². The highest BCUT2D eigenvalue weighted by Gasteiger charge is 2.17. The van der Waals surface area contributed by atoms with Gasteiger partial charge in [-0.2, -0.15) is 0 Å². The summed E-state index contributed by atoms with van der Waals surface area (Å²) in [4.78, 5) is 4.14. The summed E-state index contributed by atoms with van der Waals surface area (Å²) in [5.41, 5.74) is 2.22. The van der Waals surface area contributed by atoms with Crippen molar-refractivity contribution in [2.24, 2.45) is 5.92 Å². The molecule has 0 spiro atoms. The van der Waals surface area contributed by atoms with Crippen molar-refractivity contribution in [1.29, 1.82) is 0 Å². The Balaban J connectivity index is 2.16. The average Bonchev–Trinajstić information content (AvgIpc) is 2.37. The van der Waals surface area contributed by atoms with Crippen molar-refractivity contribution in [2.45, 2.75) is 32.1 Å². The lowest BCUT2D eigenvalue weighted by atomic mass is 9.83. The van der Waals surface area contributed by atoms with Crippen molar-refractivity contribution in [2.75, 3.05) is 6.61 Å². The summed E-state index contributed by atoms with van der Waals surface area (Å²) < 4.78 is 0.979. The number of aromatic nitrogens is 1. The third kappa shape index (κ3) is 3.65. The number of hydrogen-bond acceptors (Lipinski definition) is 2. The lowest BCUT2D eigenvalue weighted by molar-refractivity contribution is 0.295. The summed E-state index contributed by atoms with van der Waals surface area (Å²) in [5, 5.41) is 9.51. The first-order chi connectivity index (χ1) is 8.29. The van der Waals surface area contributed by atoms with Crippen LogP contribution in [0, 0.1) is 5.92 Å². The minimum Gasteiger partial charge on any atom is -0.392 e. The summed E-state index contributed by atoms with van der Waals surface area (Å²) in [7, 11) is 0. The van der Waals surface area contributed by atoms with E-state index in [0.29, 0.717) is 5.92 Å². The van der Waals surface area contributed by atoms with E-state index in [-0.39, 0.29) is 6.61 Å². The highest BCUT2D eigenvalue weighted by atomic mass is 79.9. The van der Waals surface area contributed by atoms with Crippen LogP contribution in [-0.4, -0.2) is 16.7 Å². The molecule has 0 amide bonds. The number of hydrogen-bond donors (Lipinski definition) is 1. The maximum atomic E-state index is 9.51. The molecule has 1 fully saturated rings. The summed E-state index contributed by atoms with van der Waals surface area (Å²) in [6.07, 6.45) is 12.1. The van der Waals surface area contributed by atoms with Gasteiger partial charge in [-0.25, -0.2) is 0 Å². The van der Waals surface area contributed by atoms with Crippen molar-refractivity contribution in [3.8, 4) is 0 Å². The molecule has 92 valence electrons. The van der Waals surface area contributed by atoms with Crippen molar-refractivity contribution in [3.05, 3.63) is 34.1 Å². The monoisotopic (exact) mass is 295 g/mol. The third-order valence-corrected chi connectivity index (χ3v) is 3.82. The Morgan fingerprint density at radius 2 is 2.12 bits per heavy atom.